The Morgan fingerprint density at radius 1 is 1.04 bits per heavy atom. The Kier molecular flexibility index (Phi) is 16.7. The SMILES string of the molecule is CC[C@H](C)[C@@H]([C@@H](CC(=O)N1CCC[C@H]1[C@H](OC)[C@@H](C)C(=O)N[C@@H](Cc1ccccc1)P(=O)(O)CC(=O)OC)OC)N(C)C(=O)CC(C)C. The smallest absolute Gasteiger partial charge is 0.315 e. The summed E-state index contributed by atoms with van der Waals surface area (Å²) in [4.78, 5) is 67.1. The van der Waals surface area contributed by atoms with Crippen molar-refractivity contribution in [3.05, 3.63) is 35.9 Å². The summed E-state index contributed by atoms with van der Waals surface area (Å²) in [7, 11) is 1.71. The molecule has 48 heavy (non-hydrogen) atoms. The van der Waals surface area contributed by atoms with E-state index in [9.17, 15) is 28.6 Å². The molecular weight excluding hydrogens is 637 g/mol. The van der Waals surface area contributed by atoms with Crippen molar-refractivity contribution in [3.63, 3.8) is 0 Å². The number of nitrogens with zero attached hydrogens (tertiary/aromatic N) is 2. The van der Waals surface area contributed by atoms with Crippen molar-refractivity contribution in [2.24, 2.45) is 17.8 Å². The zero-order chi connectivity index (χ0) is 36.2. The third-order valence-corrected chi connectivity index (χ3v) is 11.5. The Bertz CT molecular complexity index is 1250. The van der Waals surface area contributed by atoms with Gasteiger partial charge in [-0.3, -0.25) is 23.7 Å². The molecule has 0 spiro atoms. The van der Waals surface area contributed by atoms with Crippen LogP contribution in [0.2, 0.25) is 0 Å². The van der Waals surface area contributed by atoms with E-state index in [0.717, 1.165) is 13.5 Å². The van der Waals surface area contributed by atoms with Crippen molar-refractivity contribution < 1.29 is 42.8 Å². The van der Waals surface area contributed by atoms with Crippen LogP contribution in [-0.2, 0) is 44.4 Å². The van der Waals surface area contributed by atoms with Gasteiger partial charge in [-0.2, -0.15) is 0 Å². The maximum Gasteiger partial charge on any atom is 0.315 e. The second kappa shape index (κ2) is 19.4. The molecule has 13 heteroatoms. The lowest BCUT2D eigenvalue weighted by atomic mass is 9.90. The zero-order valence-corrected chi connectivity index (χ0v) is 31.1. The Balaban J connectivity index is 2.27. The number of hydrogen-bond acceptors (Lipinski definition) is 8. The number of likely N-dealkylation sites (N-methyl/N-ethyl adjacent to an activating group) is 1. The predicted molar refractivity (Wildman–Crippen MR) is 184 cm³/mol. The number of methoxy groups -OCH3 is 3. The van der Waals surface area contributed by atoms with Gasteiger partial charge >= 0.3 is 5.97 Å². The Hall–Kier alpha value is -2.79. The summed E-state index contributed by atoms with van der Waals surface area (Å²) >= 11 is 0. The summed E-state index contributed by atoms with van der Waals surface area (Å²) in [6, 6.07) is 8.20. The first-order chi connectivity index (χ1) is 22.6. The second-order valence-corrected chi connectivity index (χ2v) is 15.9. The van der Waals surface area contributed by atoms with Crippen molar-refractivity contribution in [3.8, 4) is 0 Å². The van der Waals surface area contributed by atoms with E-state index in [1.807, 2.05) is 19.9 Å². The van der Waals surface area contributed by atoms with E-state index in [4.69, 9.17) is 9.47 Å². The molecule has 0 aliphatic carbocycles. The summed E-state index contributed by atoms with van der Waals surface area (Å²) in [5.41, 5.74) is 0.713. The van der Waals surface area contributed by atoms with E-state index >= 15 is 0 Å². The monoisotopic (exact) mass is 695 g/mol. The molecule has 1 aliphatic rings. The average molecular weight is 696 g/mol. The molecule has 1 fully saturated rings. The Morgan fingerprint density at radius 3 is 2.23 bits per heavy atom. The third-order valence-electron chi connectivity index (χ3n) is 9.54. The standard InChI is InChI=1S/C35H58N3O9P/c1-10-24(4)33(37(6)30(39)19-23(2)3)28(45-7)21-31(40)38-18-14-17-27(38)34(47-9)25(5)35(42)36-29(20-26-15-12-11-13-16-26)48(43,44)22-32(41)46-8/h11-13,15-16,23-25,27-29,33-34H,10,14,17-22H2,1-9H3,(H,36,42)(H,43,44)/t24-,25+,27-,28+,29+,33-,34+/m0/s1. The van der Waals surface area contributed by atoms with Crippen LogP contribution in [0, 0.1) is 17.8 Å². The summed E-state index contributed by atoms with van der Waals surface area (Å²) in [6.45, 7) is 10.2. The molecule has 1 heterocycles. The molecule has 0 bridgehead atoms. The highest BCUT2D eigenvalue weighted by molar-refractivity contribution is 7.59. The van der Waals surface area contributed by atoms with Gasteiger partial charge in [-0.05, 0) is 30.2 Å². The molecule has 2 N–H and O–H groups in total. The van der Waals surface area contributed by atoms with Crippen LogP contribution in [0.3, 0.4) is 0 Å². The van der Waals surface area contributed by atoms with Gasteiger partial charge in [0.25, 0.3) is 0 Å². The molecule has 272 valence electrons. The van der Waals surface area contributed by atoms with E-state index < -0.39 is 55.4 Å². The first kappa shape index (κ1) is 41.4. The lowest BCUT2D eigenvalue weighted by molar-refractivity contribution is -0.146. The van der Waals surface area contributed by atoms with Gasteiger partial charge in [-0.25, -0.2) is 0 Å². The highest BCUT2D eigenvalue weighted by Gasteiger charge is 2.43. The average Bonchev–Trinajstić information content (AvgIpc) is 3.53. The molecule has 8 atom stereocenters. The van der Waals surface area contributed by atoms with Crippen molar-refractivity contribution >= 4 is 31.1 Å². The van der Waals surface area contributed by atoms with Crippen LogP contribution in [0.5, 0.6) is 0 Å². The number of likely N-dealkylation sites (tertiary alicyclic amines) is 1. The minimum Gasteiger partial charge on any atom is -0.469 e. The quantitative estimate of drug-likeness (QED) is 0.161. The van der Waals surface area contributed by atoms with Crippen LogP contribution in [0.4, 0.5) is 0 Å². The first-order valence-corrected chi connectivity index (χ1v) is 18.9. The Morgan fingerprint density at radius 2 is 1.69 bits per heavy atom. The molecule has 1 aromatic rings. The van der Waals surface area contributed by atoms with Crippen LogP contribution in [0.1, 0.15) is 72.3 Å². The molecule has 12 nitrogen and oxygen atoms in total. The van der Waals surface area contributed by atoms with Gasteiger partial charge in [0.2, 0.25) is 25.1 Å². The van der Waals surface area contributed by atoms with Gasteiger partial charge in [0.05, 0.1) is 43.7 Å². The molecule has 0 saturated carbocycles. The summed E-state index contributed by atoms with van der Waals surface area (Å²) in [6.07, 6.45) is 0.606. The number of carbonyl (C=O) groups is 4. The number of benzene rings is 1. The normalized spacial score (nSPS) is 19.8. The van der Waals surface area contributed by atoms with E-state index in [2.05, 4.69) is 23.9 Å². The number of nitrogens with one attached hydrogen (secondary N) is 1. The summed E-state index contributed by atoms with van der Waals surface area (Å²) in [5, 5.41) is 2.73. The number of esters is 1. The zero-order valence-electron chi connectivity index (χ0n) is 30.2. The molecule has 3 amide bonds. The van der Waals surface area contributed by atoms with Gasteiger partial charge in [-0.15, -0.1) is 0 Å². The fraction of sp³-hybridized carbons (Fsp3) is 0.714. The first-order valence-electron chi connectivity index (χ1n) is 16.9. The third kappa shape index (κ3) is 11.4. The van der Waals surface area contributed by atoms with E-state index in [-0.39, 0.29) is 42.5 Å². The molecule has 1 aliphatic heterocycles. The van der Waals surface area contributed by atoms with Gasteiger partial charge in [-0.1, -0.05) is 71.4 Å². The topological polar surface area (TPSA) is 152 Å². The van der Waals surface area contributed by atoms with Crippen molar-refractivity contribution in [2.75, 3.05) is 41.1 Å². The van der Waals surface area contributed by atoms with E-state index in [1.54, 1.807) is 55.1 Å². The number of carbonyl (C=O) groups excluding carboxylic acids is 4. The maximum absolute atomic E-state index is 13.9. The largest absolute Gasteiger partial charge is 0.469 e. The van der Waals surface area contributed by atoms with Crippen molar-refractivity contribution in [2.45, 2.75) is 103 Å². The maximum atomic E-state index is 13.9. The highest BCUT2D eigenvalue weighted by Crippen LogP contribution is 2.46. The van der Waals surface area contributed by atoms with Gasteiger partial charge < -0.3 is 34.2 Å². The van der Waals surface area contributed by atoms with Gasteiger partial charge in [0.1, 0.15) is 11.9 Å². The minimum atomic E-state index is -4.24. The van der Waals surface area contributed by atoms with Gasteiger partial charge in [0, 0.05) is 40.7 Å². The molecule has 1 saturated heterocycles. The highest BCUT2D eigenvalue weighted by atomic mass is 31.2. The van der Waals surface area contributed by atoms with Crippen LogP contribution in [0.15, 0.2) is 30.3 Å². The molecule has 1 aromatic carbocycles. The number of hydrogen-bond donors (Lipinski definition) is 2. The van der Waals surface area contributed by atoms with Crippen LogP contribution >= 0.6 is 7.37 Å². The van der Waals surface area contributed by atoms with E-state index in [1.165, 1.54) is 7.11 Å². The predicted octanol–water partition coefficient (Wildman–Crippen LogP) is 4.08. The van der Waals surface area contributed by atoms with Crippen LogP contribution < -0.4 is 5.32 Å². The molecular formula is C35H58N3O9P. The number of rotatable bonds is 19. The van der Waals surface area contributed by atoms with Crippen molar-refractivity contribution in [1.29, 1.82) is 0 Å². The fourth-order valence-electron chi connectivity index (χ4n) is 6.61. The molecule has 0 aromatic heterocycles. The molecule has 1 unspecified atom stereocenters. The van der Waals surface area contributed by atoms with E-state index in [0.29, 0.717) is 31.4 Å². The molecule has 2 rings (SSSR count). The van der Waals surface area contributed by atoms with Gasteiger partial charge in [0.15, 0.2) is 0 Å². The number of amides is 3. The fourth-order valence-corrected chi connectivity index (χ4v) is 8.15. The number of ether oxygens (including phenoxy) is 3. The summed E-state index contributed by atoms with van der Waals surface area (Å²) in [5.74, 6) is -3.31. The minimum absolute atomic E-state index is 0.00714. The Labute approximate surface area is 286 Å². The lowest BCUT2D eigenvalue weighted by Crippen LogP contribution is -2.53. The van der Waals surface area contributed by atoms with Crippen LogP contribution in [0.25, 0.3) is 0 Å². The van der Waals surface area contributed by atoms with Crippen LogP contribution in [-0.4, -0.2) is 110 Å². The summed E-state index contributed by atoms with van der Waals surface area (Å²) < 4.78 is 29.8. The lowest BCUT2D eigenvalue weighted by Gasteiger charge is -2.39. The second-order valence-electron chi connectivity index (χ2n) is 13.4. The molecule has 0 radical (unpaired) electrons. The van der Waals surface area contributed by atoms with Crippen molar-refractivity contribution in [1.82, 2.24) is 15.1 Å².